The average Bonchev–Trinajstić information content (AvgIpc) is 2.45. The van der Waals surface area contributed by atoms with E-state index in [1.54, 1.807) is 50.5 Å². The van der Waals surface area contributed by atoms with Crippen LogP contribution in [0, 0.1) is 16.7 Å². The number of aromatic nitrogens is 1. The molecule has 6 heteroatoms. The van der Waals surface area contributed by atoms with Gasteiger partial charge in [-0.05, 0) is 26.0 Å². The van der Waals surface area contributed by atoms with Gasteiger partial charge in [-0.1, -0.05) is 12.1 Å². The molecule has 0 unspecified atom stereocenters. The van der Waals surface area contributed by atoms with Crippen molar-refractivity contribution in [3.8, 4) is 6.07 Å². The highest BCUT2D eigenvalue weighted by Crippen LogP contribution is 2.22. The van der Waals surface area contributed by atoms with Crippen LogP contribution < -0.4 is 4.72 Å². The van der Waals surface area contributed by atoms with Crippen LogP contribution >= 0.6 is 0 Å². The van der Waals surface area contributed by atoms with Crippen molar-refractivity contribution in [3.05, 3.63) is 36.7 Å². The Balaban J connectivity index is 2.41. The van der Waals surface area contributed by atoms with E-state index in [4.69, 9.17) is 5.26 Å². The number of benzene rings is 1. The van der Waals surface area contributed by atoms with Crippen LogP contribution in [0.25, 0.3) is 10.8 Å². The van der Waals surface area contributed by atoms with Crippen LogP contribution in [0.3, 0.4) is 0 Å². The molecule has 0 fully saturated rings. The molecule has 0 amide bonds. The van der Waals surface area contributed by atoms with E-state index in [-0.39, 0.29) is 11.4 Å². The second-order valence-corrected chi connectivity index (χ2v) is 6.91. The largest absolute Gasteiger partial charge is 0.264 e. The van der Waals surface area contributed by atoms with Gasteiger partial charge >= 0.3 is 0 Å². The second kappa shape index (κ2) is 5.19. The van der Waals surface area contributed by atoms with Crippen LogP contribution in [0.1, 0.15) is 13.8 Å². The fourth-order valence-electron chi connectivity index (χ4n) is 1.72. The minimum Gasteiger partial charge on any atom is -0.264 e. The van der Waals surface area contributed by atoms with Crippen molar-refractivity contribution in [1.29, 1.82) is 5.26 Å². The van der Waals surface area contributed by atoms with Crippen molar-refractivity contribution in [2.45, 2.75) is 18.7 Å². The first-order chi connectivity index (χ1) is 9.36. The van der Waals surface area contributed by atoms with Crippen LogP contribution in [0.2, 0.25) is 0 Å². The molecular weight excluding hydrogens is 274 g/mol. The maximum atomic E-state index is 12.4. The quantitative estimate of drug-likeness (QED) is 0.934. The Hall–Kier alpha value is -1.97. The summed E-state index contributed by atoms with van der Waals surface area (Å²) < 4.78 is 27.2. The molecule has 0 bridgehead atoms. The van der Waals surface area contributed by atoms with E-state index in [9.17, 15) is 8.42 Å². The van der Waals surface area contributed by atoms with Crippen molar-refractivity contribution < 1.29 is 8.42 Å². The van der Waals surface area contributed by atoms with Gasteiger partial charge in [-0.25, -0.2) is 13.1 Å². The Morgan fingerprint density at radius 2 is 2.10 bits per heavy atom. The summed E-state index contributed by atoms with van der Waals surface area (Å²) in [5.41, 5.74) is -0.751. The molecule has 0 saturated heterocycles. The van der Waals surface area contributed by atoms with Gasteiger partial charge in [0.15, 0.2) is 0 Å². The number of nitrogens with one attached hydrogen (secondary N) is 1. The number of fused-ring (bicyclic) bond motifs is 1. The van der Waals surface area contributed by atoms with Gasteiger partial charge in [0.25, 0.3) is 0 Å². The third-order valence-corrected chi connectivity index (χ3v) is 4.40. The molecule has 104 valence electrons. The Bertz CT molecular complexity index is 771. The summed E-state index contributed by atoms with van der Waals surface area (Å²) >= 11 is 0. The SMILES string of the molecule is CC(C)(C#N)CNS(=O)(=O)c1cccc2cnccc12. The smallest absolute Gasteiger partial charge is 0.241 e. The zero-order chi connectivity index (χ0) is 14.8. The summed E-state index contributed by atoms with van der Waals surface area (Å²) in [4.78, 5) is 4.18. The molecule has 0 atom stereocenters. The van der Waals surface area contributed by atoms with E-state index < -0.39 is 15.4 Å². The van der Waals surface area contributed by atoms with Crippen molar-refractivity contribution in [2.75, 3.05) is 6.54 Å². The predicted octanol–water partition coefficient (Wildman–Crippen LogP) is 2.06. The van der Waals surface area contributed by atoms with Gasteiger partial charge in [0.1, 0.15) is 0 Å². The molecule has 0 aliphatic carbocycles. The molecule has 0 spiro atoms. The molecule has 5 nitrogen and oxygen atoms in total. The monoisotopic (exact) mass is 289 g/mol. The molecule has 20 heavy (non-hydrogen) atoms. The molecule has 0 aliphatic rings. The normalized spacial score (nSPS) is 12.2. The summed E-state index contributed by atoms with van der Waals surface area (Å²) in [6.45, 7) is 3.43. The Morgan fingerprint density at radius 3 is 2.80 bits per heavy atom. The van der Waals surface area contributed by atoms with Crippen LogP contribution in [0.15, 0.2) is 41.6 Å². The zero-order valence-electron chi connectivity index (χ0n) is 11.3. The fourth-order valence-corrected chi connectivity index (χ4v) is 3.16. The summed E-state index contributed by atoms with van der Waals surface area (Å²) in [7, 11) is -3.66. The molecule has 0 saturated carbocycles. The number of hydrogen-bond donors (Lipinski definition) is 1. The van der Waals surface area contributed by atoms with Crippen LogP contribution in [0.4, 0.5) is 0 Å². The Labute approximate surface area is 118 Å². The van der Waals surface area contributed by atoms with Gasteiger partial charge in [-0.2, -0.15) is 5.26 Å². The van der Waals surface area contributed by atoms with Crippen LogP contribution in [-0.2, 0) is 10.0 Å². The van der Waals surface area contributed by atoms with Crippen LogP contribution in [-0.4, -0.2) is 19.9 Å². The summed E-state index contributed by atoms with van der Waals surface area (Å²) in [5.74, 6) is 0. The van der Waals surface area contributed by atoms with Gasteiger partial charge in [0, 0.05) is 29.7 Å². The number of nitriles is 1. The zero-order valence-corrected chi connectivity index (χ0v) is 12.1. The van der Waals surface area contributed by atoms with E-state index in [2.05, 4.69) is 15.8 Å². The maximum Gasteiger partial charge on any atom is 0.241 e. The third kappa shape index (κ3) is 2.95. The van der Waals surface area contributed by atoms with E-state index in [1.165, 1.54) is 0 Å². The molecule has 1 heterocycles. The summed E-state index contributed by atoms with van der Waals surface area (Å²) in [6.07, 6.45) is 3.17. The average molecular weight is 289 g/mol. The number of nitrogens with zero attached hydrogens (tertiary/aromatic N) is 2. The van der Waals surface area contributed by atoms with Gasteiger partial charge in [-0.15, -0.1) is 0 Å². The van der Waals surface area contributed by atoms with Crippen molar-refractivity contribution >= 4 is 20.8 Å². The van der Waals surface area contributed by atoms with E-state index in [0.29, 0.717) is 5.39 Å². The van der Waals surface area contributed by atoms with E-state index >= 15 is 0 Å². The highest BCUT2D eigenvalue weighted by atomic mass is 32.2. The molecule has 2 rings (SSSR count). The third-order valence-electron chi connectivity index (χ3n) is 2.94. The first kappa shape index (κ1) is 14.4. The first-order valence-corrected chi connectivity index (χ1v) is 7.58. The minimum atomic E-state index is -3.66. The van der Waals surface area contributed by atoms with Crippen molar-refractivity contribution in [1.82, 2.24) is 9.71 Å². The lowest BCUT2D eigenvalue weighted by molar-refractivity contribution is 0.479. The lowest BCUT2D eigenvalue weighted by Crippen LogP contribution is -2.33. The number of pyridine rings is 1. The molecule has 1 aromatic carbocycles. The molecule has 0 aliphatic heterocycles. The first-order valence-electron chi connectivity index (χ1n) is 6.09. The standard InChI is InChI=1S/C14H15N3O2S/c1-14(2,9-15)10-17-20(18,19)13-5-3-4-11-8-16-7-6-12(11)13/h3-8,17H,10H2,1-2H3. The van der Waals surface area contributed by atoms with E-state index in [1.807, 2.05) is 0 Å². The van der Waals surface area contributed by atoms with Gasteiger partial charge in [0.05, 0.1) is 16.4 Å². The predicted molar refractivity (Wildman–Crippen MR) is 76.3 cm³/mol. The van der Waals surface area contributed by atoms with Crippen LogP contribution in [0.5, 0.6) is 0 Å². The highest BCUT2D eigenvalue weighted by molar-refractivity contribution is 7.89. The highest BCUT2D eigenvalue weighted by Gasteiger charge is 2.23. The summed E-state index contributed by atoms with van der Waals surface area (Å²) in [5, 5.41) is 10.3. The lowest BCUT2D eigenvalue weighted by atomic mass is 9.97. The van der Waals surface area contributed by atoms with Gasteiger partial charge in [0.2, 0.25) is 10.0 Å². The Morgan fingerprint density at radius 1 is 1.35 bits per heavy atom. The second-order valence-electron chi connectivity index (χ2n) is 5.17. The van der Waals surface area contributed by atoms with Crippen molar-refractivity contribution in [3.63, 3.8) is 0 Å². The molecule has 1 N–H and O–H groups in total. The Kier molecular flexibility index (Phi) is 3.75. The van der Waals surface area contributed by atoms with Crippen molar-refractivity contribution in [2.24, 2.45) is 5.41 Å². The van der Waals surface area contributed by atoms with Gasteiger partial charge < -0.3 is 0 Å². The number of hydrogen-bond acceptors (Lipinski definition) is 4. The topological polar surface area (TPSA) is 82.9 Å². The maximum absolute atomic E-state index is 12.4. The molecular formula is C14H15N3O2S. The minimum absolute atomic E-state index is 0.0628. The van der Waals surface area contributed by atoms with E-state index in [0.717, 1.165) is 5.39 Å². The fraction of sp³-hybridized carbons (Fsp3) is 0.286. The number of rotatable bonds is 4. The summed E-state index contributed by atoms with van der Waals surface area (Å²) in [6, 6.07) is 8.76. The molecule has 2 aromatic rings. The van der Waals surface area contributed by atoms with Gasteiger partial charge in [-0.3, -0.25) is 4.98 Å². The molecule has 1 aromatic heterocycles. The molecule has 0 radical (unpaired) electrons. The lowest BCUT2D eigenvalue weighted by Gasteiger charge is -2.16. The number of sulfonamides is 1.